The summed E-state index contributed by atoms with van der Waals surface area (Å²) in [6.45, 7) is 6.81. The zero-order valence-electron chi connectivity index (χ0n) is 24.2. The first-order valence-electron chi connectivity index (χ1n) is 13.6. The number of carbonyl (C=O) groups excluding carboxylic acids is 1. The van der Waals surface area contributed by atoms with Crippen molar-refractivity contribution in [2.75, 3.05) is 37.9 Å². The van der Waals surface area contributed by atoms with E-state index in [1.807, 2.05) is 18.9 Å². The third kappa shape index (κ3) is 7.80. The molecule has 0 spiro atoms. The SMILES string of the molecule is C=C/N=C1/C=NC(N(C)CC2CCCCO2)=N/C1=C(/N)Nc1cc(C(=O)Nc2ccc(OC)c(C(F)(F)F)c2)ccc1C. The summed E-state index contributed by atoms with van der Waals surface area (Å²) in [5.41, 5.74) is 7.59. The average molecular weight is 598 g/mol. The first kappa shape index (κ1) is 31.3. The van der Waals surface area contributed by atoms with Gasteiger partial charge in [0.1, 0.15) is 23.0 Å². The number of alkyl halides is 3. The molecule has 2 heterocycles. The molecule has 1 saturated heterocycles. The van der Waals surface area contributed by atoms with E-state index < -0.39 is 17.6 Å². The maximum atomic E-state index is 13.4. The summed E-state index contributed by atoms with van der Waals surface area (Å²) in [7, 11) is 3.02. The number of guanidine groups is 1. The molecule has 4 N–H and O–H groups in total. The van der Waals surface area contributed by atoms with Crippen LogP contribution in [0.3, 0.4) is 0 Å². The van der Waals surface area contributed by atoms with Crippen LogP contribution in [0.25, 0.3) is 0 Å². The fourth-order valence-corrected chi connectivity index (χ4v) is 4.59. The second-order valence-corrected chi connectivity index (χ2v) is 10.0. The monoisotopic (exact) mass is 597 g/mol. The van der Waals surface area contributed by atoms with Crippen molar-refractivity contribution in [3.8, 4) is 5.75 Å². The van der Waals surface area contributed by atoms with Crippen LogP contribution >= 0.6 is 0 Å². The van der Waals surface area contributed by atoms with Gasteiger partial charge in [-0.1, -0.05) is 12.6 Å². The van der Waals surface area contributed by atoms with Crippen LogP contribution in [0.2, 0.25) is 0 Å². The van der Waals surface area contributed by atoms with E-state index in [0.29, 0.717) is 29.6 Å². The van der Waals surface area contributed by atoms with Crippen molar-refractivity contribution in [1.82, 2.24) is 4.90 Å². The van der Waals surface area contributed by atoms with Gasteiger partial charge in [-0.25, -0.2) is 9.98 Å². The molecule has 4 rings (SSSR count). The molecule has 1 fully saturated rings. The van der Waals surface area contributed by atoms with Gasteiger partial charge in [0, 0.05) is 43.3 Å². The summed E-state index contributed by atoms with van der Waals surface area (Å²) < 4.78 is 51.0. The number of hydrogen-bond donors (Lipinski definition) is 3. The van der Waals surface area contributed by atoms with E-state index in [-0.39, 0.29) is 28.9 Å². The largest absolute Gasteiger partial charge is 0.496 e. The highest BCUT2D eigenvalue weighted by Crippen LogP contribution is 2.37. The number of benzene rings is 2. The number of ether oxygens (including phenoxy) is 2. The van der Waals surface area contributed by atoms with Gasteiger partial charge in [0.25, 0.3) is 5.91 Å². The summed E-state index contributed by atoms with van der Waals surface area (Å²) in [6, 6.07) is 8.11. The molecule has 2 aliphatic heterocycles. The number of aryl methyl sites for hydroxylation is 1. The summed E-state index contributed by atoms with van der Waals surface area (Å²) in [4.78, 5) is 28.2. The number of halogens is 3. The fraction of sp³-hybridized carbons (Fsp3) is 0.333. The van der Waals surface area contributed by atoms with E-state index in [1.54, 1.807) is 24.4 Å². The molecule has 2 aromatic carbocycles. The zero-order valence-corrected chi connectivity index (χ0v) is 24.2. The third-order valence-corrected chi connectivity index (χ3v) is 6.87. The minimum Gasteiger partial charge on any atom is -0.496 e. The van der Waals surface area contributed by atoms with Crippen LogP contribution in [0, 0.1) is 6.92 Å². The topological polar surface area (TPSA) is 126 Å². The average Bonchev–Trinajstić information content (AvgIpc) is 2.98. The van der Waals surface area contributed by atoms with Gasteiger partial charge in [0.2, 0.25) is 5.96 Å². The Morgan fingerprint density at radius 2 is 2.05 bits per heavy atom. The lowest BCUT2D eigenvalue weighted by atomic mass is 10.1. The van der Waals surface area contributed by atoms with Gasteiger partial charge >= 0.3 is 6.18 Å². The molecule has 10 nitrogen and oxygen atoms in total. The predicted octanol–water partition coefficient (Wildman–Crippen LogP) is 5.34. The molecule has 43 heavy (non-hydrogen) atoms. The van der Waals surface area contributed by atoms with Crippen molar-refractivity contribution in [3.63, 3.8) is 0 Å². The summed E-state index contributed by atoms with van der Waals surface area (Å²) in [5, 5.41) is 5.61. The Balaban J connectivity index is 1.57. The Labute approximate surface area is 247 Å². The number of nitrogens with zero attached hydrogens (tertiary/aromatic N) is 4. The molecule has 0 radical (unpaired) electrons. The normalized spacial score (nSPS) is 19.0. The lowest BCUT2D eigenvalue weighted by Crippen LogP contribution is -2.38. The number of methoxy groups -OCH3 is 1. The number of amides is 1. The lowest BCUT2D eigenvalue weighted by molar-refractivity contribution is -0.138. The number of anilines is 2. The summed E-state index contributed by atoms with van der Waals surface area (Å²) in [6.07, 6.45) is 1.45. The quantitative estimate of drug-likeness (QED) is 0.377. The van der Waals surface area contributed by atoms with Gasteiger partial charge in [0.05, 0.1) is 25.0 Å². The third-order valence-electron chi connectivity index (χ3n) is 6.87. The standard InChI is InChI=1S/C30H34F3N7O3/c1-5-35-24-16-36-29(40(3)17-21-8-6-7-13-43-21)39-26(24)27(34)38-23-14-19(10-9-18(23)2)28(41)37-20-11-12-25(42-4)22(15-20)30(31,32)33/h5,9-12,14-16,21,38H,1,6-8,13,17,34H2,2-4H3,(H,37,41)/b27-26-,35-24-. The first-order valence-corrected chi connectivity index (χ1v) is 13.6. The second kappa shape index (κ2) is 13.6. The number of aliphatic imine (C=N–C) groups is 3. The van der Waals surface area contributed by atoms with Crippen LogP contribution in [-0.4, -0.2) is 62.1 Å². The van der Waals surface area contributed by atoms with Crippen molar-refractivity contribution < 1.29 is 27.4 Å². The van der Waals surface area contributed by atoms with Crippen molar-refractivity contribution in [1.29, 1.82) is 0 Å². The molecule has 0 aliphatic carbocycles. The smallest absolute Gasteiger partial charge is 0.420 e. The Morgan fingerprint density at radius 3 is 2.72 bits per heavy atom. The number of likely N-dealkylation sites (N-methyl/N-ethyl adjacent to an activating group) is 1. The van der Waals surface area contributed by atoms with Crippen LogP contribution in [-0.2, 0) is 10.9 Å². The van der Waals surface area contributed by atoms with Crippen molar-refractivity contribution in [2.45, 2.75) is 38.5 Å². The predicted molar refractivity (Wildman–Crippen MR) is 162 cm³/mol. The molecule has 13 heteroatoms. The van der Waals surface area contributed by atoms with Crippen LogP contribution in [0.5, 0.6) is 5.75 Å². The van der Waals surface area contributed by atoms with Crippen LogP contribution in [0.1, 0.15) is 40.7 Å². The molecule has 228 valence electrons. The van der Waals surface area contributed by atoms with Crippen molar-refractivity contribution in [3.05, 3.63) is 77.4 Å². The van der Waals surface area contributed by atoms with E-state index in [9.17, 15) is 18.0 Å². The van der Waals surface area contributed by atoms with Gasteiger partial charge in [-0.2, -0.15) is 13.2 Å². The minimum atomic E-state index is -4.66. The maximum Gasteiger partial charge on any atom is 0.420 e. The number of carbonyl (C=O) groups is 1. The molecule has 1 amide bonds. The lowest BCUT2D eigenvalue weighted by Gasteiger charge is -2.28. The molecular formula is C30H34F3N7O3. The van der Waals surface area contributed by atoms with Crippen LogP contribution in [0.4, 0.5) is 24.5 Å². The maximum absolute atomic E-state index is 13.4. The van der Waals surface area contributed by atoms with E-state index in [2.05, 4.69) is 32.2 Å². The van der Waals surface area contributed by atoms with E-state index in [4.69, 9.17) is 15.2 Å². The molecule has 1 unspecified atom stereocenters. The molecule has 0 saturated carbocycles. The summed E-state index contributed by atoms with van der Waals surface area (Å²) >= 11 is 0. The van der Waals surface area contributed by atoms with Gasteiger partial charge < -0.3 is 30.7 Å². The van der Waals surface area contributed by atoms with E-state index in [1.165, 1.54) is 12.3 Å². The number of nitrogens with two attached hydrogens (primary N) is 1. The highest BCUT2D eigenvalue weighted by Gasteiger charge is 2.34. The van der Waals surface area contributed by atoms with E-state index in [0.717, 1.165) is 50.7 Å². The van der Waals surface area contributed by atoms with Crippen LogP contribution in [0.15, 0.2) is 75.7 Å². The highest BCUT2D eigenvalue weighted by molar-refractivity contribution is 6.41. The molecule has 0 bridgehead atoms. The number of hydrogen-bond acceptors (Lipinski definition) is 9. The van der Waals surface area contributed by atoms with Crippen molar-refractivity contribution in [2.24, 2.45) is 20.7 Å². The molecular weight excluding hydrogens is 563 g/mol. The molecule has 2 aliphatic rings. The molecule has 0 aromatic heterocycles. The summed E-state index contributed by atoms with van der Waals surface area (Å²) in [5.74, 6) is -0.378. The molecule has 1 atom stereocenters. The minimum absolute atomic E-state index is 0.0359. The van der Waals surface area contributed by atoms with E-state index >= 15 is 0 Å². The Kier molecular flexibility index (Phi) is 9.86. The number of allylic oxidation sites excluding steroid dienone is 1. The van der Waals surface area contributed by atoms with Gasteiger partial charge in [-0.3, -0.25) is 9.79 Å². The molecule has 2 aromatic rings. The van der Waals surface area contributed by atoms with Gasteiger partial charge in [-0.15, -0.1) is 0 Å². The first-order chi connectivity index (χ1) is 20.5. The Morgan fingerprint density at radius 1 is 1.26 bits per heavy atom. The van der Waals surface area contributed by atoms with Crippen molar-refractivity contribution >= 4 is 35.2 Å². The number of rotatable bonds is 8. The Hall–Kier alpha value is -4.65. The van der Waals surface area contributed by atoms with Gasteiger partial charge in [0.15, 0.2) is 0 Å². The zero-order chi connectivity index (χ0) is 31.1. The van der Waals surface area contributed by atoms with Gasteiger partial charge in [-0.05, 0) is 62.1 Å². The Bertz CT molecular complexity index is 1490. The van der Waals surface area contributed by atoms with Crippen LogP contribution < -0.4 is 21.1 Å². The second-order valence-electron chi connectivity index (χ2n) is 10.0. The fourth-order valence-electron chi connectivity index (χ4n) is 4.59. The highest BCUT2D eigenvalue weighted by atomic mass is 19.4. The number of nitrogens with one attached hydrogen (secondary N) is 2.